The number of benzene rings is 2. The minimum absolute atomic E-state index is 0.139. The molecule has 0 unspecified atom stereocenters. The summed E-state index contributed by atoms with van der Waals surface area (Å²) in [6, 6.07) is 6.43. The van der Waals surface area contributed by atoms with Crippen molar-refractivity contribution in [3.63, 3.8) is 0 Å². The van der Waals surface area contributed by atoms with E-state index in [0.717, 1.165) is 17.4 Å². The van der Waals surface area contributed by atoms with E-state index in [4.69, 9.17) is 4.42 Å². The van der Waals surface area contributed by atoms with Crippen molar-refractivity contribution in [2.45, 2.75) is 0 Å². The number of H-pyrrole nitrogens is 1. The Bertz CT molecular complexity index is 1250. The van der Waals surface area contributed by atoms with Crippen molar-refractivity contribution in [2.24, 2.45) is 0 Å². The Balaban J connectivity index is 1.59. The molecule has 2 heterocycles. The van der Waals surface area contributed by atoms with Gasteiger partial charge < -0.3 is 4.42 Å². The van der Waals surface area contributed by atoms with E-state index >= 15 is 0 Å². The Morgan fingerprint density at radius 1 is 1.15 bits per heavy atom. The number of nitrogens with zero attached hydrogens (tertiary/aromatic N) is 1. The van der Waals surface area contributed by atoms with Gasteiger partial charge in [-0.05, 0) is 30.3 Å². The number of thiazole rings is 1. The van der Waals surface area contributed by atoms with Crippen LogP contribution < -0.4 is 11.1 Å². The average molecular weight is 391 g/mol. The number of nitrogens with one attached hydrogen (secondary N) is 2. The van der Waals surface area contributed by atoms with Crippen LogP contribution in [-0.4, -0.2) is 15.9 Å². The highest BCUT2D eigenvalue weighted by Crippen LogP contribution is 2.27. The molecule has 0 fully saturated rings. The van der Waals surface area contributed by atoms with Gasteiger partial charge in [0.1, 0.15) is 0 Å². The first-order valence-corrected chi connectivity index (χ1v) is 8.34. The van der Waals surface area contributed by atoms with E-state index in [-0.39, 0.29) is 5.13 Å². The first-order chi connectivity index (χ1) is 12.9. The zero-order valence-corrected chi connectivity index (χ0v) is 14.0. The molecule has 6 nitrogen and oxygen atoms in total. The van der Waals surface area contributed by atoms with E-state index in [9.17, 15) is 22.8 Å². The van der Waals surface area contributed by atoms with Crippen LogP contribution in [0.5, 0.6) is 0 Å². The summed E-state index contributed by atoms with van der Waals surface area (Å²) in [5.41, 5.74) is 1.38. The predicted molar refractivity (Wildman–Crippen MR) is 92.2 cm³/mol. The molecule has 0 spiro atoms. The SMILES string of the molecule is O=C(Nc1nc(-c2ccc3oc(=O)[nH]c3c2)cs1)c1ccc(F)c(F)c1F. The second-order valence-electron chi connectivity index (χ2n) is 5.44. The molecular weight excluding hydrogens is 383 g/mol. The average Bonchev–Trinajstić information content (AvgIpc) is 3.24. The molecule has 0 saturated heterocycles. The standard InChI is InChI=1S/C17H8F3N3O3S/c18-9-3-2-8(13(19)14(9)20)15(24)23-16-21-11(6-27-16)7-1-4-12-10(5-7)22-17(25)26-12/h1-6H,(H,22,25)(H,21,23,24). The number of anilines is 1. The minimum atomic E-state index is -1.72. The monoisotopic (exact) mass is 391 g/mol. The fourth-order valence-electron chi connectivity index (χ4n) is 2.44. The number of amides is 1. The topological polar surface area (TPSA) is 88.0 Å². The summed E-state index contributed by atoms with van der Waals surface area (Å²) in [5, 5.41) is 4.11. The molecule has 0 saturated carbocycles. The van der Waals surface area contributed by atoms with Crippen LogP contribution in [-0.2, 0) is 0 Å². The number of carbonyl (C=O) groups is 1. The maximum Gasteiger partial charge on any atom is 0.417 e. The van der Waals surface area contributed by atoms with Crippen molar-refractivity contribution < 1.29 is 22.4 Å². The normalized spacial score (nSPS) is 11.1. The number of aromatic nitrogens is 2. The molecule has 2 aromatic carbocycles. The number of fused-ring (bicyclic) bond motifs is 1. The molecule has 0 aliphatic heterocycles. The number of hydrogen-bond donors (Lipinski definition) is 2. The zero-order valence-electron chi connectivity index (χ0n) is 13.2. The van der Waals surface area contributed by atoms with E-state index in [0.29, 0.717) is 28.4 Å². The van der Waals surface area contributed by atoms with E-state index in [1.165, 1.54) is 0 Å². The Hall–Kier alpha value is -3.40. The van der Waals surface area contributed by atoms with Crippen molar-refractivity contribution in [1.82, 2.24) is 9.97 Å². The molecule has 0 bridgehead atoms. The van der Waals surface area contributed by atoms with Gasteiger partial charge >= 0.3 is 5.76 Å². The maximum absolute atomic E-state index is 13.7. The molecule has 10 heteroatoms. The smallest absolute Gasteiger partial charge is 0.408 e. The Kier molecular flexibility index (Phi) is 4.04. The highest BCUT2D eigenvalue weighted by atomic mass is 32.1. The van der Waals surface area contributed by atoms with Crippen molar-refractivity contribution in [2.75, 3.05) is 5.32 Å². The Morgan fingerprint density at radius 2 is 1.96 bits per heavy atom. The first kappa shape index (κ1) is 17.0. The van der Waals surface area contributed by atoms with E-state index in [2.05, 4.69) is 15.3 Å². The molecule has 2 aromatic heterocycles. The van der Waals surface area contributed by atoms with Gasteiger partial charge in [0.05, 0.1) is 16.8 Å². The van der Waals surface area contributed by atoms with Gasteiger partial charge in [-0.3, -0.25) is 15.1 Å². The third-order valence-electron chi connectivity index (χ3n) is 3.72. The van der Waals surface area contributed by atoms with Gasteiger partial charge in [0.25, 0.3) is 5.91 Å². The van der Waals surface area contributed by atoms with Crippen LogP contribution in [0.15, 0.2) is 44.9 Å². The van der Waals surface area contributed by atoms with Crippen molar-refractivity contribution in [3.8, 4) is 11.3 Å². The van der Waals surface area contributed by atoms with E-state index in [1.807, 2.05) is 0 Å². The van der Waals surface area contributed by atoms with Crippen LogP contribution >= 0.6 is 11.3 Å². The summed E-state index contributed by atoms with van der Waals surface area (Å²) in [6.07, 6.45) is 0. The van der Waals surface area contributed by atoms with Crippen LogP contribution in [0.3, 0.4) is 0 Å². The fraction of sp³-hybridized carbons (Fsp3) is 0. The summed E-state index contributed by atoms with van der Waals surface area (Å²) in [5.74, 6) is -6.21. The third-order valence-corrected chi connectivity index (χ3v) is 4.48. The van der Waals surface area contributed by atoms with Gasteiger partial charge in [-0.2, -0.15) is 0 Å². The van der Waals surface area contributed by atoms with E-state index in [1.54, 1.807) is 23.6 Å². The van der Waals surface area contributed by atoms with Crippen LogP contribution in [0.4, 0.5) is 18.3 Å². The van der Waals surface area contributed by atoms with Gasteiger partial charge in [0, 0.05) is 10.9 Å². The number of rotatable bonds is 3. The lowest BCUT2D eigenvalue weighted by Crippen LogP contribution is -2.15. The number of carbonyl (C=O) groups excluding carboxylic acids is 1. The Morgan fingerprint density at radius 3 is 2.78 bits per heavy atom. The maximum atomic E-state index is 13.7. The molecule has 27 heavy (non-hydrogen) atoms. The fourth-order valence-corrected chi connectivity index (χ4v) is 3.16. The highest BCUT2D eigenvalue weighted by molar-refractivity contribution is 7.14. The molecule has 0 atom stereocenters. The molecule has 2 N–H and O–H groups in total. The summed E-state index contributed by atoms with van der Waals surface area (Å²) in [4.78, 5) is 30.0. The third kappa shape index (κ3) is 3.10. The molecule has 0 aliphatic rings. The lowest BCUT2D eigenvalue weighted by Gasteiger charge is -2.04. The van der Waals surface area contributed by atoms with Gasteiger partial charge in [-0.15, -0.1) is 11.3 Å². The molecule has 1 amide bonds. The number of oxazole rings is 1. The van der Waals surface area contributed by atoms with Crippen LogP contribution in [0, 0.1) is 17.5 Å². The lowest BCUT2D eigenvalue weighted by molar-refractivity contribution is 0.102. The van der Waals surface area contributed by atoms with Crippen LogP contribution in [0.1, 0.15) is 10.4 Å². The summed E-state index contributed by atoms with van der Waals surface area (Å²) in [7, 11) is 0. The lowest BCUT2D eigenvalue weighted by atomic mass is 10.1. The molecule has 4 rings (SSSR count). The minimum Gasteiger partial charge on any atom is -0.408 e. The first-order valence-electron chi connectivity index (χ1n) is 7.46. The van der Waals surface area contributed by atoms with Gasteiger partial charge in [-0.25, -0.2) is 22.9 Å². The largest absolute Gasteiger partial charge is 0.417 e. The zero-order chi connectivity index (χ0) is 19.1. The number of aromatic amines is 1. The quantitative estimate of drug-likeness (QED) is 0.518. The molecule has 136 valence electrons. The molecule has 0 radical (unpaired) electrons. The molecule has 0 aliphatic carbocycles. The second kappa shape index (κ2) is 6.40. The van der Waals surface area contributed by atoms with Crippen molar-refractivity contribution >= 4 is 33.5 Å². The number of halogens is 3. The molecule has 4 aromatic rings. The molecular formula is C17H8F3N3O3S. The second-order valence-corrected chi connectivity index (χ2v) is 6.30. The van der Waals surface area contributed by atoms with Crippen LogP contribution in [0.25, 0.3) is 22.4 Å². The van der Waals surface area contributed by atoms with Crippen molar-refractivity contribution in [1.29, 1.82) is 0 Å². The number of hydrogen-bond acceptors (Lipinski definition) is 5. The summed E-state index contributed by atoms with van der Waals surface area (Å²) < 4.78 is 44.9. The van der Waals surface area contributed by atoms with E-state index < -0.39 is 34.7 Å². The van der Waals surface area contributed by atoms with Crippen LogP contribution in [0.2, 0.25) is 0 Å². The van der Waals surface area contributed by atoms with Crippen molar-refractivity contribution in [3.05, 3.63) is 69.3 Å². The summed E-state index contributed by atoms with van der Waals surface area (Å²) >= 11 is 1.06. The Labute approximate surface area is 152 Å². The summed E-state index contributed by atoms with van der Waals surface area (Å²) in [6.45, 7) is 0. The van der Waals surface area contributed by atoms with Gasteiger partial charge in [0.15, 0.2) is 28.2 Å². The highest BCUT2D eigenvalue weighted by Gasteiger charge is 2.20. The van der Waals surface area contributed by atoms with Gasteiger partial charge in [-0.1, -0.05) is 0 Å². The predicted octanol–water partition coefficient (Wildman–Crippen LogP) is 3.91. The van der Waals surface area contributed by atoms with Gasteiger partial charge in [0.2, 0.25) is 0 Å².